The molecule has 1 aromatic rings. The van der Waals surface area contributed by atoms with E-state index in [4.69, 9.17) is 16.3 Å². The maximum atomic E-state index is 12.7. The molecule has 0 bridgehead atoms. The molecule has 2 aliphatic heterocycles. The van der Waals surface area contributed by atoms with E-state index in [0.717, 1.165) is 38.0 Å². The van der Waals surface area contributed by atoms with E-state index in [1.54, 1.807) is 6.07 Å². The summed E-state index contributed by atoms with van der Waals surface area (Å²) < 4.78 is 33.7. The van der Waals surface area contributed by atoms with Crippen LogP contribution < -0.4 is 9.46 Å². The second kappa shape index (κ2) is 7.82. The molecule has 0 radical (unpaired) electrons. The number of piperidine rings is 1. The summed E-state index contributed by atoms with van der Waals surface area (Å²) in [6.07, 6.45) is 3.97. The van der Waals surface area contributed by atoms with Gasteiger partial charge < -0.3 is 9.64 Å². The molecule has 1 fully saturated rings. The van der Waals surface area contributed by atoms with Gasteiger partial charge in [0, 0.05) is 18.5 Å². The SMILES string of the molecule is CCCN1CCC(CNS(=O)(=O)c2cc(Cl)c3c(c2)CC(C)O3)CC1. The molecule has 0 spiro atoms. The minimum Gasteiger partial charge on any atom is -0.489 e. The Labute approximate surface area is 155 Å². The zero-order valence-electron chi connectivity index (χ0n) is 14.9. The van der Waals surface area contributed by atoms with E-state index < -0.39 is 10.0 Å². The van der Waals surface area contributed by atoms with Crippen LogP contribution in [0.25, 0.3) is 0 Å². The van der Waals surface area contributed by atoms with Gasteiger partial charge in [-0.15, -0.1) is 0 Å². The van der Waals surface area contributed by atoms with E-state index >= 15 is 0 Å². The van der Waals surface area contributed by atoms with Crippen LogP contribution >= 0.6 is 11.6 Å². The van der Waals surface area contributed by atoms with Crippen LogP contribution in [-0.4, -0.2) is 45.6 Å². The summed E-state index contributed by atoms with van der Waals surface area (Å²) in [5.41, 5.74) is 0.869. The maximum Gasteiger partial charge on any atom is 0.240 e. The first-order chi connectivity index (χ1) is 11.9. The topological polar surface area (TPSA) is 58.6 Å². The highest BCUT2D eigenvalue weighted by Crippen LogP contribution is 2.38. The van der Waals surface area contributed by atoms with E-state index in [1.165, 1.54) is 12.5 Å². The molecular weight excluding hydrogens is 360 g/mol. The largest absolute Gasteiger partial charge is 0.489 e. The lowest BCUT2D eigenvalue weighted by atomic mass is 9.97. The van der Waals surface area contributed by atoms with Crippen LogP contribution in [0.1, 0.15) is 38.7 Å². The van der Waals surface area contributed by atoms with E-state index in [-0.39, 0.29) is 11.0 Å². The quantitative estimate of drug-likeness (QED) is 0.816. The van der Waals surface area contributed by atoms with Crippen LogP contribution in [0.4, 0.5) is 0 Å². The Morgan fingerprint density at radius 2 is 2.04 bits per heavy atom. The van der Waals surface area contributed by atoms with Gasteiger partial charge in [0.1, 0.15) is 11.9 Å². The number of likely N-dealkylation sites (tertiary alicyclic amines) is 1. The van der Waals surface area contributed by atoms with Crippen LogP contribution in [-0.2, 0) is 16.4 Å². The molecule has 5 nitrogen and oxygen atoms in total. The molecule has 140 valence electrons. The summed E-state index contributed by atoms with van der Waals surface area (Å²) >= 11 is 6.22. The molecule has 25 heavy (non-hydrogen) atoms. The molecule has 2 heterocycles. The fourth-order valence-corrected chi connectivity index (χ4v) is 5.20. The van der Waals surface area contributed by atoms with Gasteiger partial charge in [-0.2, -0.15) is 0 Å². The van der Waals surface area contributed by atoms with Crippen molar-refractivity contribution >= 4 is 21.6 Å². The van der Waals surface area contributed by atoms with Crippen LogP contribution in [0.2, 0.25) is 5.02 Å². The molecule has 1 unspecified atom stereocenters. The zero-order chi connectivity index (χ0) is 18.0. The molecule has 3 rings (SSSR count). The van der Waals surface area contributed by atoms with Crippen molar-refractivity contribution in [1.29, 1.82) is 0 Å². The van der Waals surface area contributed by atoms with Gasteiger partial charge in [0.15, 0.2) is 0 Å². The van der Waals surface area contributed by atoms with Gasteiger partial charge in [0.05, 0.1) is 9.92 Å². The predicted molar refractivity (Wildman–Crippen MR) is 99.9 cm³/mol. The summed E-state index contributed by atoms with van der Waals surface area (Å²) in [5, 5.41) is 0.370. The highest BCUT2D eigenvalue weighted by Gasteiger charge is 2.27. The minimum absolute atomic E-state index is 0.0340. The standard InChI is InChI=1S/C18H27ClN2O3S/c1-3-6-21-7-4-14(5-8-21)12-20-25(22,23)16-10-15-9-13(2)24-18(15)17(19)11-16/h10-11,13-14,20H,3-9,12H2,1-2H3. The van der Waals surface area contributed by atoms with Gasteiger partial charge in [-0.3, -0.25) is 0 Å². The summed E-state index contributed by atoms with van der Waals surface area (Å²) in [4.78, 5) is 2.68. The Morgan fingerprint density at radius 3 is 2.72 bits per heavy atom. The number of ether oxygens (including phenoxy) is 1. The van der Waals surface area contributed by atoms with Crippen molar-refractivity contribution in [3.8, 4) is 5.75 Å². The van der Waals surface area contributed by atoms with E-state index in [2.05, 4.69) is 16.5 Å². The van der Waals surface area contributed by atoms with Gasteiger partial charge in [-0.05, 0) is 63.9 Å². The lowest BCUT2D eigenvalue weighted by molar-refractivity contribution is 0.186. The first-order valence-corrected chi connectivity index (χ1v) is 11.0. The number of hydrogen-bond donors (Lipinski definition) is 1. The third-order valence-electron chi connectivity index (χ3n) is 5.04. The minimum atomic E-state index is -3.55. The molecule has 0 aliphatic carbocycles. The normalized spacial score (nSPS) is 22.0. The molecule has 0 aromatic heterocycles. The van der Waals surface area contributed by atoms with Crippen LogP contribution in [0, 0.1) is 5.92 Å². The Kier molecular flexibility index (Phi) is 5.93. The van der Waals surface area contributed by atoms with Crippen molar-refractivity contribution in [2.75, 3.05) is 26.2 Å². The fourth-order valence-electron chi connectivity index (χ4n) is 3.66. The van der Waals surface area contributed by atoms with Crippen LogP contribution in [0.15, 0.2) is 17.0 Å². The second-order valence-electron chi connectivity index (χ2n) is 7.16. The van der Waals surface area contributed by atoms with Gasteiger partial charge >= 0.3 is 0 Å². The average Bonchev–Trinajstić information content (AvgIpc) is 2.96. The number of fused-ring (bicyclic) bond motifs is 1. The molecule has 2 aliphatic rings. The third-order valence-corrected chi connectivity index (χ3v) is 6.72. The van der Waals surface area contributed by atoms with Crippen molar-refractivity contribution in [3.63, 3.8) is 0 Å². The summed E-state index contributed by atoms with van der Waals surface area (Å²) in [6, 6.07) is 3.18. The fraction of sp³-hybridized carbons (Fsp3) is 0.667. The van der Waals surface area contributed by atoms with Crippen LogP contribution in [0.3, 0.4) is 0 Å². The van der Waals surface area contributed by atoms with E-state index in [1.807, 2.05) is 6.92 Å². The smallest absolute Gasteiger partial charge is 0.240 e. The molecule has 1 saturated heterocycles. The van der Waals surface area contributed by atoms with E-state index in [0.29, 0.717) is 29.7 Å². The summed E-state index contributed by atoms with van der Waals surface area (Å²) in [7, 11) is -3.55. The highest BCUT2D eigenvalue weighted by molar-refractivity contribution is 7.89. The van der Waals surface area contributed by atoms with E-state index in [9.17, 15) is 8.42 Å². The van der Waals surface area contributed by atoms with Gasteiger partial charge in [-0.1, -0.05) is 18.5 Å². The Hall–Kier alpha value is -0.820. The van der Waals surface area contributed by atoms with Gasteiger partial charge in [0.25, 0.3) is 0 Å². The van der Waals surface area contributed by atoms with Crippen molar-refractivity contribution < 1.29 is 13.2 Å². The Bertz CT molecular complexity index is 715. The van der Waals surface area contributed by atoms with Gasteiger partial charge in [-0.25, -0.2) is 13.1 Å². The monoisotopic (exact) mass is 386 g/mol. The number of hydrogen-bond acceptors (Lipinski definition) is 4. The first-order valence-electron chi connectivity index (χ1n) is 9.10. The molecule has 1 aromatic carbocycles. The molecule has 0 amide bonds. The number of halogens is 1. The van der Waals surface area contributed by atoms with Crippen LogP contribution in [0.5, 0.6) is 5.75 Å². The molecule has 1 N–H and O–H groups in total. The van der Waals surface area contributed by atoms with Crippen molar-refractivity contribution in [2.24, 2.45) is 5.92 Å². The highest BCUT2D eigenvalue weighted by atomic mass is 35.5. The molecule has 7 heteroatoms. The predicted octanol–water partition coefficient (Wildman–Crippen LogP) is 3.06. The number of nitrogens with zero attached hydrogens (tertiary/aromatic N) is 1. The maximum absolute atomic E-state index is 12.7. The lowest BCUT2D eigenvalue weighted by Gasteiger charge is -2.31. The molecule has 1 atom stereocenters. The Balaban J connectivity index is 1.62. The first kappa shape index (κ1) is 19.0. The number of nitrogens with one attached hydrogen (secondary N) is 1. The van der Waals surface area contributed by atoms with Crippen molar-refractivity contribution in [2.45, 2.75) is 50.5 Å². The number of rotatable bonds is 6. The van der Waals surface area contributed by atoms with Gasteiger partial charge in [0.2, 0.25) is 10.0 Å². The Morgan fingerprint density at radius 1 is 1.32 bits per heavy atom. The molecular formula is C18H27ClN2O3S. The molecule has 0 saturated carbocycles. The summed E-state index contributed by atoms with van der Waals surface area (Å²) in [6.45, 7) is 7.87. The third kappa shape index (κ3) is 4.48. The zero-order valence-corrected chi connectivity index (χ0v) is 16.5. The average molecular weight is 387 g/mol. The number of sulfonamides is 1. The second-order valence-corrected chi connectivity index (χ2v) is 9.34. The van der Waals surface area contributed by atoms with Crippen molar-refractivity contribution in [3.05, 3.63) is 22.7 Å². The number of benzene rings is 1. The lowest BCUT2D eigenvalue weighted by Crippen LogP contribution is -2.38. The van der Waals surface area contributed by atoms with Crippen molar-refractivity contribution in [1.82, 2.24) is 9.62 Å². The summed E-state index contributed by atoms with van der Waals surface area (Å²) in [5.74, 6) is 1.02.